The predicted molar refractivity (Wildman–Crippen MR) is 211 cm³/mol. The topological polar surface area (TPSA) is 205 Å². The minimum atomic E-state index is -1.00. The highest BCUT2D eigenvalue weighted by molar-refractivity contribution is 7.18. The molecule has 0 spiro atoms. The monoisotopic (exact) mass is 799 g/mol. The fraction of sp³-hybridized carbons (Fsp3) is 0.333. The molecule has 3 fully saturated rings. The van der Waals surface area contributed by atoms with Crippen LogP contribution in [0.5, 0.6) is 0 Å². The lowest BCUT2D eigenvalue weighted by Gasteiger charge is -2.40. The zero-order valence-corrected chi connectivity index (χ0v) is 32.2. The van der Waals surface area contributed by atoms with E-state index in [1.54, 1.807) is 28.9 Å². The van der Waals surface area contributed by atoms with Crippen LogP contribution in [0, 0.1) is 11.3 Å². The summed E-state index contributed by atoms with van der Waals surface area (Å²) in [6.07, 6.45) is 3.49. The van der Waals surface area contributed by atoms with E-state index in [4.69, 9.17) is 4.98 Å². The summed E-state index contributed by atoms with van der Waals surface area (Å²) in [6.45, 7) is 5.32. The van der Waals surface area contributed by atoms with Crippen molar-refractivity contribution in [3.63, 3.8) is 0 Å². The molecule has 0 radical (unpaired) electrons. The van der Waals surface area contributed by atoms with Gasteiger partial charge in [0.25, 0.3) is 11.8 Å². The largest absolute Gasteiger partial charge is 0.387 e. The Bertz CT molecular complexity index is 2550. The Balaban J connectivity index is 0.775. The fourth-order valence-corrected chi connectivity index (χ4v) is 8.86. The van der Waals surface area contributed by atoms with Gasteiger partial charge in [0.1, 0.15) is 12.1 Å². The first-order chi connectivity index (χ1) is 28.2. The first-order valence-electron chi connectivity index (χ1n) is 18.9. The molecular weight excluding hydrogens is 763 g/mol. The number of urea groups is 1. The summed E-state index contributed by atoms with van der Waals surface area (Å²) in [7, 11) is 1.84. The van der Waals surface area contributed by atoms with Crippen LogP contribution in [0.3, 0.4) is 0 Å². The number of pyridine rings is 1. The third kappa shape index (κ3) is 6.65. The molecule has 8 heterocycles. The van der Waals surface area contributed by atoms with Gasteiger partial charge in [0, 0.05) is 84.3 Å². The summed E-state index contributed by atoms with van der Waals surface area (Å²) in [4.78, 5) is 77.8. The van der Waals surface area contributed by atoms with Crippen molar-refractivity contribution in [2.75, 3.05) is 69.6 Å². The molecule has 3 saturated heterocycles. The molecular formula is C39H37N13O5S. The predicted octanol–water partition coefficient (Wildman–Crippen LogP) is 2.29. The summed E-state index contributed by atoms with van der Waals surface area (Å²) in [5.41, 5.74) is 5.83. The van der Waals surface area contributed by atoms with Crippen LogP contribution in [0.1, 0.15) is 44.7 Å². The molecule has 4 aliphatic heterocycles. The maximum atomic E-state index is 13.6. The number of imide groups is 2. The number of hydrogen-bond acceptors (Lipinski definition) is 14. The number of anilines is 2. The maximum Gasteiger partial charge on any atom is 0.320 e. The zero-order valence-electron chi connectivity index (χ0n) is 31.4. The summed E-state index contributed by atoms with van der Waals surface area (Å²) in [5.74, 6) is -2.09. The number of fused-ring (bicyclic) bond motifs is 2. The van der Waals surface area contributed by atoms with Crippen LogP contribution >= 0.6 is 11.3 Å². The lowest BCUT2D eigenvalue weighted by atomic mass is 10.0. The molecule has 4 aliphatic rings. The first kappa shape index (κ1) is 36.8. The van der Waals surface area contributed by atoms with E-state index >= 15 is 0 Å². The number of nitrogens with one attached hydrogen (secondary N) is 2. The Kier molecular flexibility index (Phi) is 9.49. The van der Waals surface area contributed by atoms with Gasteiger partial charge in [-0.2, -0.15) is 10.4 Å². The van der Waals surface area contributed by atoms with Gasteiger partial charge in [0.2, 0.25) is 16.9 Å². The van der Waals surface area contributed by atoms with E-state index in [0.29, 0.717) is 70.2 Å². The molecule has 1 aromatic carbocycles. The second-order valence-corrected chi connectivity index (χ2v) is 15.5. The van der Waals surface area contributed by atoms with Gasteiger partial charge in [-0.15, -0.1) is 10.2 Å². The Morgan fingerprint density at radius 3 is 2.40 bits per heavy atom. The Morgan fingerprint density at radius 2 is 1.66 bits per heavy atom. The number of amides is 6. The van der Waals surface area contributed by atoms with Gasteiger partial charge >= 0.3 is 6.03 Å². The molecule has 58 heavy (non-hydrogen) atoms. The number of hydrogen-bond donors (Lipinski definition) is 2. The number of piperidine rings is 1. The van der Waals surface area contributed by atoms with Gasteiger partial charge in [-0.1, -0.05) is 17.4 Å². The molecule has 1 unspecified atom stereocenters. The SMILES string of the molecule is CNc1cc(-c2ccc3cc(C#N)cnn23)ncc1-c1nnc(N2CCN(C(=O)N3CCN(Cc4ccc5c(c4)C(=O)N(C4CCC(=O)NC4=O)C5=O)CC3)CC2)s1. The minimum Gasteiger partial charge on any atom is -0.387 e. The number of carbonyl (C=O) groups excluding carboxylic acids is 5. The average molecular weight is 800 g/mol. The molecule has 0 saturated carbocycles. The molecule has 5 aromatic rings. The summed E-state index contributed by atoms with van der Waals surface area (Å²) < 4.78 is 1.76. The lowest BCUT2D eigenvalue weighted by Crippen LogP contribution is -2.56. The third-order valence-electron chi connectivity index (χ3n) is 11.1. The van der Waals surface area contributed by atoms with E-state index < -0.39 is 29.7 Å². The highest BCUT2D eigenvalue weighted by atomic mass is 32.1. The molecule has 4 aromatic heterocycles. The van der Waals surface area contributed by atoms with Crippen molar-refractivity contribution in [2.45, 2.75) is 25.4 Å². The van der Waals surface area contributed by atoms with Gasteiger partial charge < -0.3 is 20.0 Å². The van der Waals surface area contributed by atoms with Gasteiger partial charge in [0.05, 0.1) is 45.4 Å². The first-order valence-corrected chi connectivity index (χ1v) is 19.8. The molecule has 19 heteroatoms. The second kappa shape index (κ2) is 14.9. The van der Waals surface area contributed by atoms with Crippen molar-refractivity contribution < 1.29 is 24.0 Å². The third-order valence-corrected chi connectivity index (χ3v) is 12.1. The molecule has 18 nitrogen and oxygen atoms in total. The van der Waals surface area contributed by atoms with Crippen LogP contribution in [0.4, 0.5) is 15.6 Å². The fourth-order valence-electron chi connectivity index (χ4n) is 7.94. The van der Waals surface area contributed by atoms with Crippen molar-refractivity contribution in [3.8, 4) is 28.0 Å². The van der Waals surface area contributed by atoms with Crippen LogP contribution in [-0.2, 0) is 16.1 Å². The second-order valence-electron chi connectivity index (χ2n) is 14.5. The van der Waals surface area contributed by atoms with Crippen molar-refractivity contribution in [1.29, 1.82) is 5.26 Å². The van der Waals surface area contributed by atoms with Gasteiger partial charge in [0.15, 0.2) is 5.01 Å². The molecule has 6 amide bonds. The maximum absolute atomic E-state index is 13.6. The summed E-state index contributed by atoms with van der Waals surface area (Å²) >= 11 is 1.48. The van der Waals surface area contributed by atoms with Crippen LogP contribution in [0.25, 0.3) is 27.5 Å². The smallest absolute Gasteiger partial charge is 0.320 e. The Morgan fingerprint density at radius 1 is 0.897 bits per heavy atom. The van der Waals surface area contributed by atoms with E-state index in [2.05, 4.69) is 41.8 Å². The number of benzene rings is 1. The van der Waals surface area contributed by atoms with E-state index in [1.165, 1.54) is 17.5 Å². The van der Waals surface area contributed by atoms with Crippen molar-refractivity contribution in [2.24, 2.45) is 0 Å². The zero-order chi connectivity index (χ0) is 40.1. The van der Waals surface area contributed by atoms with E-state index in [9.17, 15) is 29.2 Å². The van der Waals surface area contributed by atoms with Gasteiger partial charge in [-0.3, -0.25) is 39.3 Å². The number of nitriles is 1. The molecule has 9 rings (SSSR count). The van der Waals surface area contributed by atoms with Crippen LogP contribution < -0.4 is 15.5 Å². The van der Waals surface area contributed by atoms with Gasteiger partial charge in [-0.25, -0.2) is 9.31 Å². The molecule has 294 valence electrons. The molecule has 0 aliphatic carbocycles. The standard InChI is InChI=1S/C39H37N13O5S/c1-41-29-18-30(31-5-3-25-16-24(19-40)20-43-52(25)31)42-21-28(29)35-45-46-38(58-35)48-12-14-50(15-13-48)39(57)49-10-8-47(9-11-49)22-23-2-4-26-27(17-23)37(56)51(36(26)55)32-6-7-33(53)44-34(32)54/h2-5,16-18,20-21,32H,6-15,22H2,1H3,(H,41,42)(H,44,53,54). The number of nitrogens with zero attached hydrogens (tertiary/aromatic N) is 11. The summed E-state index contributed by atoms with van der Waals surface area (Å²) in [6, 6.07) is 13.8. The van der Waals surface area contributed by atoms with Crippen molar-refractivity contribution in [1.82, 2.24) is 49.7 Å². The normalized spacial score (nSPS) is 18.8. The average Bonchev–Trinajstić information content (AvgIpc) is 3.97. The van der Waals surface area contributed by atoms with E-state index in [0.717, 1.165) is 43.1 Å². The summed E-state index contributed by atoms with van der Waals surface area (Å²) in [5, 5.41) is 29.6. The van der Waals surface area contributed by atoms with Crippen LogP contribution in [-0.4, -0.2) is 140 Å². The number of piperazine rings is 2. The van der Waals surface area contributed by atoms with Gasteiger partial charge in [-0.05, 0) is 48.4 Å². The number of aromatic nitrogens is 5. The number of rotatable bonds is 7. The quantitative estimate of drug-likeness (QED) is 0.227. The van der Waals surface area contributed by atoms with Crippen molar-refractivity contribution in [3.05, 3.63) is 77.1 Å². The number of carbonyl (C=O) groups is 5. The molecule has 2 N–H and O–H groups in total. The minimum absolute atomic E-state index is 0.00808. The van der Waals surface area contributed by atoms with E-state index in [1.807, 2.05) is 41.1 Å². The van der Waals surface area contributed by atoms with Crippen molar-refractivity contribution >= 4 is 57.3 Å². The highest BCUT2D eigenvalue weighted by Gasteiger charge is 2.44. The van der Waals surface area contributed by atoms with Crippen LogP contribution in [0.15, 0.2) is 54.9 Å². The van der Waals surface area contributed by atoms with E-state index in [-0.39, 0.29) is 30.0 Å². The highest BCUT2D eigenvalue weighted by Crippen LogP contribution is 2.36. The Labute approximate surface area is 335 Å². The lowest BCUT2D eigenvalue weighted by molar-refractivity contribution is -0.136. The molecule has 0 bridgehead atoms. The molecule has 1 atom stereocenters. The van der Waals surface area contributed by atoms with Crippen LogP contribution in [0.2, 0.25) is 0 Å². The Hall–Kier alpha value is -6.78.